The number of anilines is 1. The van der Waals surface area contributed by atoms with Crippen LogP contribution in [0, 0.1) is 0 Å². The Kier molecular flexibility index (Phi) is 9.34. The van der Waals surface area contributed by atoms with Gasteiger partial charge in [0.25, 0.3) is 0 Å². The number of fused-ring (bicyclic) bond motifs is 1. The first-order chi connectivity index (χ1) is 18.5. The molecule has 10 nitrogen and oxygen atoms in total. The predicted molar refractivity (Wildman–Crippen MR) is 136 cm³/mol. The molecule has 1 heterocycles. The molecule has 0 fully saturated rings. The van der Waals surface area contributed by atoms with E-state index >= 15 is 0 Å². The van der Waals surface area contributed by atoms with Crippen LogP contribution in [0.4, 0.5) is 18.9 Å². The van der Waals surface area contributed by atoms with Gasteiger partial charge in [-0.3, -0.25) is 19.2 Å². The van der Waals surface area contributed by atoms with Gasteiger partial charge in [-0.2, -0.15) is 18.0 Å². The number of ketones is 1. The number of hydrogen-bond acceptors (Lipinski definition) is 4. The van der Waals surface area contributed by atoms with Crippen molar-refractivity contribution in [1.29, 1.82) is 0 Å². The van der Waals surface area contributed by atoms with Gasteiger partial charge in [-0.25, -0.2) is 0 Å². The third-order valence-electron chi connectivity index (χ3n) is 5.79. The summed E-state index contributed by atoms with van der Waals surface area (Å²) in [5.74, 6) is -2.64. The summed E-state index contributed by atoms with van der Waals surface area (Å²) < 4.78 is 38.6. The standard InChI is InChI=1S/C26H25F3N6O4/c1-15(36)33-23(12-16-13-31-21-5-3-2-4-20(16)21)25(39)35-22(11-10-19(37)14-32-30)24(38)34-18-8-6-17(7-9-18)26(27,28)29/h2-9,13-14,22-23,31H,10-12H2,1H3,(H,33,36)(H,34,38)(H,35,39)/t22?,23-/m0/s1. The lowest BCUT2D eigenvalue weighted by Gasteiger charge is -2.23. The number of halogens is 3. The molecule has 3 aromatic rings. The molecule has 0 spiro atoms. The molecule has 0 aliphatic carbocycles. The SMILES string of the molecule is CC(=O)N[C@@H](Cc1c[nH]c2ccccc12)C(=O)NC(CCC(=O)C=[N+]=[N-])C(=O)Nc1ccc(C(F)(F)F)cc1. The summed E-state index contributed by atoms with van der Waals surface area (Å²) in [6.45, 7) is 1.23. The minimum Gasteiger partial charge on any atom is -0.361 e. The van der Waals surface area contributed by atoms with Crippen molar-refractivity contribution >= 4 is 46.3 Å². The maximum absolute atomic E-state index is 13.2. The lowest BCUT2D eigenvalue weighted by molar-refractivity contribution is -0.137. The first-order valence-electron chi connectivity index (χ1n) is 11.8. The van der Waals surface area contributed by atoms with Crippen molar-refractivity contribution in [2.75, 3.05) is 5.32 Å². The van der Waals surface area contributed by atoms with Gasteiger partial charge >= 0.3 is 12.4 Å². The number of carbonyl (C=O) groups is 4. The summed E-state index contributed by atoms with van der Waals surface area (Å²) >= 11 is 0. The van der Waals surface area contributed by atoms with Crippen LogP contribution in [0.15, 0.2) is 54.7 Å². The quantitative estimate of drug-likeness (QED) is 0.167. The van der Waals surface area contributed by atoms with Crippen molar-refractivity contribution < 1.29 is 37.1 Å². The smallest absolute Gasteiger partial charge is 0.361 e. The van der Waals surface area contributed by atoms with Crippen molar-refractivity contribution in [1.82, 2.24) is 15.6 Å². The van der Waals surface area contributed by atoms with Crippen molar-refractivity contribution in [3.8, 4) is 0 Å². The number of para-hydroxylation sites is 1. The van der Waals surface area contributed by atoms with E-state index in [-0.39, 0.29) is 24.9 Å². The molecule has 13 heteroatoms. The molecule has 3 rings (SSSR count). The lowest BCUT2D eigenvalue weighted by atomic mass is 10.0. The molecular formula is C26H25F3N6O4. The molecule has 3 amide bonds. The highest BCUT2D eigenvalue weighted by Gasteiger charge is 2.31. The minimum atomic E-state index is -4.56. The summed E-state index contributed by atoms with van der Waals surface area (Å²) in [5.41, 5.74) is 9.25. The molecule has 0 saturated carbocycles. The van der Waals surface area contributed by atoms with E-state index in [9.17, 15) is 32.3 Å². The molecule has 204 valence electrons. The molecular weight excluding hydrogens is 517 g/mol. The van der Waals surface area contributed by atoms with E-state index in [1.807, 2.05) is 24.3 Å². The van der Waals surface area contributed by atoms with E-state index in [1.165, 1.54) is 6.92 Å². The van der Waals surface area contributed by atoms with Gasteiger partial charge in [0.2, 0.25) is 23.5 Å². The third-order valence-corrected chi connectivity index (χ3v) is 5.79. The van der Waals surface area contributed by atoms with Gasteiger partial charge in [-0.1, -0.05) is 18.2 Å². The van der Waals surface area contributed by atoms with Gasteiger partial charge in [0.15, 0.2) is 0 Å². The Morgan fingerprint density at radius 1 is 1.00 bits per heavy atom. The first kappa shape index (κ1) is 28.8. The van der Waals surface area contributed by atoms with Crippen LogP contribution >= 0.6 is 0 Å². The summed E-state index contributed by atoms with van der Waals surface area (Å²) in [6.07, 6.45) is -2.64. The van der Waals surface area contributed by atoms with Crippen LogP contribution < -0.4 is 16.0 Å². The second-order valence-corrected chi connectivity index (χ2v) is 8.69. The van der Waals surface area contributed by atoms with E-state index < -0.39 is 47.3 Å². The fraction of sp³-hybridized carbons (Fsp3) is 0.269. The number of H-pyrrole nitrogens is 1. The van der Waals surface area contributed by atoms with Crippen LogP contribution in [0.5, 0.6) is 0 Å². The number of nitrogens with zero attached hydrogens (tertiary/aromatic N) is 2. The first-order valence-corrected chi connectivity index (χ1v) is 11.8. The molecule has 2 atom stereocenters. The second-order valence-electron chi connectivity index (χ2n) is 8.69. The maximum atomic E-state index is 13.2. The minimum absolute atomic E-state index is 0.0349. The van der Waals surface area contributed by atoms with Crippen LogP contribution in [0.1, 0.15) is 30.9 Å². The highest BCUT2D eigenvalue weighted by molar-refractivity contribution is 6.25. The number of alkyl halides is 3. The van der Waals surface area contributed by atoms with Crippen molar-refractivity contribution in [2.45, 2.75) is 44.4 Å². The van der Waals surface area contributed by atoms with Gasteiger partial charge < -0.3 is 26.5 Å². The van der Waals surface area contributed by atoms with Crippen LogP contribution in [0.2, 0.25) is 0 Å². The van der Waals surface area contributed by atoms with Gasteiger partial charge in [-0.05, 0) is 42.3 Å². The molecule has 2 aromatic carbocycles. The molecule has 0 aliphatic heterocycles. The molecule has 0 aliphatic rings. The molecule has 39 heavy (non-hydrogen) atoms. The second kappa shape index (κ2) is 12.7. The average molecular weight is 543 g/mol. The van der Waals surface area contributed by atoms with Gasteiger partial charge in [0.05, 0.1) is 5.56 Å². The van der Waals surface area contributed by atoms with E-state index in [4.69, 9.17) is 5.53 Å². The topological polar surface area (TPSA) is 157 Å². The Labute approximate surface area is 220 Å². The van der Waals surface area contributed by atoms with E-state index in [0.29, 0.717) is 6.21 Å². The summed E-state index contributed by atoms with van der Waals surface area (Å²) in [7, 11) is 0. The Morgan fingerprint density at radius 2 is 1.69 bits per heavy atom. The zero-order valence-corrected chi connectivity index (χ0v) is 20.7. The number of benzene rings is 2. The number of rotatable bonds is 11. The average Bonchev–Trinajstić information content (AvgIpc) is 3.28. The summed E-state index contributed by atoms with van der Waals surface area (Å²) in [4.78, 5) is 55.7. The molecule has 0 saturated heterocycles. The van der Waals surface area contributed by atoms with Crippen LogP contribution in [-0.4, -0.2) is 51.6 Å². The zero-order chi connectivity index (χ0) is 28.6. The van der Waals surface area contributed by atoms with E-state index in [0.717, 1.165) is 40.7 Å². The molecule has 1 aromatic heterocycles. The monoisotopic (exact) mass is 542 g/mol. The number of carbonyl (C=O) groups excluding carboxylic acids is 4. The number of hydrogen-bond donors (Lipinski definition) is 4. The number of aromatic nitrogens is 1. The zero-order valence-electron chi connectivity index (χ0n) is 20.7. The molecule has 0 radical (unpaired) electrons. The normalized spacial score (nSPS) is 12.6. The fourth-order valence-corrected chi connectivity index (χ4v) is 3.90. The number of aromatic amines is 1. The van der Waals surface area contributed by atoms with Gasteiger partial charge in [0, 0.05) is 42.6 Å². The summed E-state index contributed by atoms with van der Waals surface area (Å²) in [6, 6.07) is 8.65. The number of nitrogens with one attached hydrogen (secondary N) is 4. The number of Topliss-reactive ketones (excluding diaryl/α,β-unsaturated/α-hetero) is 1. The third kappa shape index (κ3) is 8.11. The largest absolute Gasteiger partial charge is 0.416 e. The van der Waals surface area contributed by atoms with Crippen LogP contribution in [0.3, 0.4) is 0 Å². The Balaban J connectivity index is 1.80. The van der Waals surface area contributed by atoms with Crippen molar-refractivity contribution in [3.05, 3.63) is 71.4 Å². The number of amides is 3. The molecule has 4 N–H and O–H groups in total. The van der Waals surface area contributed by atoms with Gasteiger partial charge in [-0.15, -0.1) is 0 Å². The van der Waals surface area contributed by atoms with Crippen LogP contribution in [0.25, 0.3) is 16.4 Å². The Bertz CT molecular complexity index is 1410. The van der Waals surface area contributed by atoms with Crippen LogP contribution in [-0.2, 0) is 31.8 Å². The molecule has 1 unspecified atom stereocenters. The maximum Gasteiger partial charge on any atom is 0.416 e. The fourth-order valence-electron chi connectivity index (χ4n) is 3.90. The van der Waals surface area contributed by atoms with E-state index in [1.54, 1.807) is 6.20 Å². The van der Waals surface area contributed by atoms with Crippen molar-refractivity contribution in [3.63, 3.8) is 0 Å². The van der Waals surface area contributed by atoms with E-state index in [2.05, 4.69) is 25.7 Å². The lowest BCUT2D eigenvalue weighted by Crippen LogP contribution is -2.53. The highest BCUT2D eigenvalue weighted by Crippen LogP contribution is 2.29. The predicted octanol–water partition coefficient (Wildman–Crippen LogP) is 3.01. The molecule has 0 bridgehead atoms. The van der Waals surface area contributed by atoms with Crippen molar-refractivity contribution in [2.24, 2.45) is 0 Å². The summed E-state index contributed by atoms with van der Waals surface area (Å²) in [5, 5.41) is 8.34. The highest BCUT2D eigenvalue weighted by atomic mass is 19.4. The Hall–Kier alpha value is -4.77. The van der Waals surface area contributed by atoms with Gasteiger partial charge in [0.1, 0.15) is 12.1 Å². The Morgan fingerprint density at radius 3 is 2.33 bits per heavy atom.